The van der Waals surface area contributed by atoms with Crippen LogP contribution in [0.1, 0.15) is 0 Å². The largest absolute Gasteiger partial charge is 0.0622 e. The molecule has 0 aliphatic carbocycles. The fraction of sp³-hybridized carbons (Fsp3) is 0. The summed E-state index contributed by atoms with van der Waals surface area (Å²) in [5.41, 5.74) is 9.83. The first kappa shape index (κ1) is 32.7. The van der Waals surface area contributed by atoms with Gasteiger partial charge in [-0.05, 0) is 156 Å². The molecule has 0 heteroatoms. The van der Waals surface area contributed by atoms with Gasteiger partial charge in [-0.25, -0.2) is 0 Å². The van der Waals surface area contributed by atoms with Crippen LogP contribution in [0.5, 0.6) is 0 Å². The van der Waals surface area contributed by atoms with Crippen LogP contribution in [0.2, 0.25) is 0 Å². The van der Waals surface area contributed by atoms with Crippen LogP contribution in [-0.2, 0) is 0 Å². The highest BCUT2D eigenvalue weighted by Crippen LogP contribution is 2.46. The minimum absolute atomic E-state index is 1.22. The number of fused-ring (bicyclic) bond motifs is 13. The van der Waals surface area contributed by atoms with E-state index in [4.69, 9.17) is 0 Å². The molecule has 0 fully saturated rings. The molecule has 58 heavy (non-hydrogen) atoms. The topological polar surface area (TPSA) is 0 Å². The van der Waals surface area contributed by atoms with Gasteiger partial charge in [-0.3, -0.25) is 0 Å². The van der Waals surface area contributed by atoms with E-state index in [1.165, 1.54) is 120 Å². The van der Waals surface area contributed by atoms with Crippen LogP contribution in [0.25, 0.3) is 120 Å². The molecule has 0 aliphatic heterocycles. The Morgan fingerprint density at radius 1 is 0.155 bits per heavy atom. The lowest BCUT2D eigenvalue weighted by Gasteiger charge is -2.18. The van der Waals surface area contributed by atoms with Gasteiger partial charge in [0.2, 0.25) is 0 Å². The van der Waals surface area contributed by atoms with E-state index in [1.807, 2.05) is 0 Å². The Labute approximate surface area is 336 Å². The maximum Gasteiger partial charge on any atom is -0.00137 e. The van der Waals surface area contributed by atoms with Gasteiger partial charge in [-0.15, -0.1) is 0 Å². The van der Waals surface area contributed by atoms with Crippen LogP contribution in [0.3, 0.4) is 0 Å². The first-order valence-corrected chi connectivity index (χ1v) is 20.2. The highest BCUT2D eigenvalue weighted by Gasteiger charge is 2.17. The second-order valence-electron chi connectivity index (χ2n) is 15.6. The van der Waals surface area contributed by atoms with Crippen LogP contribution in [0.4, 0.5) is 0 Å². The van der Waals surface area contributed by atoms with Crippen molar-refractivity contribution >= 4 is 75.4 Å². The zero-order chi connectivity index (χ0) is 38.2. The number of rotatable bonds is 4. The first-order valence-electron chi connectivity index (χ1n) is 20.2. The highest BCUT2D eigenvalue weighted by atomic mass is 14.2. The summed E-state index contributed by atoms with van der Waals surface area (Å²) in [4.78, 5) is 0. The molecule has 0 atom stereocenters. The van der Waals surface area contributed by atoms with E-state index < -0.39 is 0 Å². The third kappa shape index (κ3) is 5.23. The third-order valence-corrected chi connectivity index (χ3v) is 12.4. The number of benzene rings is 12. The molecule has 0 N–H and O–H groups in total. The van der Waals surface area contributed by atoms with E-state index in [1.54, 1.807) is 0 Å². The lowest BCUT2D eigenvalue weighted by atomic mass is 9.85. The molecule has 0 nitrogen and oxygen atoms in total. The SMILES string of the molecule is c1ccc(-c2ccc3ccc(-c4ccc5c6ccccc6c6c7cc(-c8ccc9ccc(-c%10ccccc%10)cc9c8)ccc7c7ccccc7c6c5c4)cc3c2)cc1. The molecule has 12 aromatic rings. The molecule has 12 rings (SSSR count). The van der Waals surface area contributed by atoms with E-state index in [-0.39, 0.29) is 0 Å². The van der Waals surface area contributed by atoms with Crippen LogP contribution in [-0.4, -0.2) is 0 Å². The molecule has 0 aromatic heterocycles. The van der Waals surface area contributed by atoms with Crippen molar-refractivity contribution in [3.05, 3.63) is 218 Å². The van der Waals surface area contributed by atoms with Crippen molar-refractivity contribution in [3.8, 4) is 44.5 Å². The second-order valence-corrected chi connectivity index (χ2v) is 15.6. The van der Waals surface area contributed by atoms with E-state index >= 15 is 0 Å². The minimum atomic E-state index is 1.22. The summed E-state index contributed by atoms with van der Waals surface area (Å²) in [6.45, 7) is 0. The fourth-order valence-electron chi connectivity index (χ4n) is 9.50. The first-order chi connectivity index (χ1) is 28.7. The summed E-state index contributed by atoms with van der Waals surface area (Å²) in [5, 5.41) is 17.9. The van der Waals surface area contributed by atoms with Gasteiger partial charge < -0.3 is 0 Å². The Bertz CT molecular complexity index is 3350. The van der Waals surface area contributed by atoms with Gasteiger partial charge >= 0.3 is 0 Å². The van der Waals surface area contributed by atoms with Gasteiger partial charge in [0.05, 0.1) is 0 Å². The van der Waals surface area contributed by atoms with Crippen molar-refractivity contribution in [2.45, 2.75) is 0 Å². The number of hydrogen-bond acceptors (Lipinski definition) is 0. The Morgan fingerprint density at radius 3 is 0.845 bits per heavy atom. The standard InChI is InChI=1S/C58H36/c1-3-11-37(12-4-1)41-23-19-39-21-25-43(33-47(39)31-41)45-27-29-51-49-15-7-10-18-54(49)58-56-36-46(28-30-52(56)50-16-8-9-17-53(50)57(58)55(51)35-45)44-26-22-40-20-24-42(32-48(40)34-44)38-13-5-2-6-14-38/h1-36H. The summed E-state index contributed by atoms with van der Waals surface area (Å²) >= 11 is 0. The fourth-order valence-corrected chi connectivity index (χ4v) is 9.50. The summed E-state index contributed by atoms with van der Waals surface area (Å²) in [6, 6.07) is 81.0. The van der Waals surface area contributed by atoms with Crippen LogP contribution >= 0.6 is 0 Å². The Morgan fingerprint density at radius 2 is 0.448 bits per heavy atom. The molecule has 0 aliphatic rings. The molecule has 268 valence electrons. The highest BCUT2D eigenvalue weighted by molar-refractivity contribution is 6.39. The van der Waals surface area contributed by atoms with Gasteiger partial charge in [0.15, 0.2) is 0 Å². The quantitative estimate of drug-likeness (QED) is 0.158. The van der Waals surface area contributed by atoms with Gasteiger partial charge in [0, 0.05) is 0 Å². The van der Waals surface area contributed by atoms with Crippen molar-refractivity contribution in [2.24, 2.45) is 0 Å². The predicted octanol–water partition coefficient (Wildman–Crippen LogP) is 16.4. The van der Waals surface area contributed by atoms with Gasteiger partial charge in [0.25, 0.3) is 0 Å². The van der Waals surface area contributed by atoms with Crippen LogP contribution in [0, 0.1) is 0 Å². The average Bonchev–Trinajstić information content (AvgIpc) is 3.31. The molecular formula is C58H36. The molecule has 0 saturated carbocycles. The molecule has 0 spiro atoms. The van der Waals surface area contributed by atoms with Crippen molar-refractivity contribution in [1.82, 2.24) is 0 Å². The lowest BCUT2D eigenvalue weighted by molar-refractivity contribution is 1.64. The summed E-state index contributed by atoms with van der Waals surface area (Å²) in [6.07, 6.45) is 0. The molecule has 0 unspecified atom stereocenters. The average molecular weight is 733 g/mol. The van der Waals surface area contributed by atoms with Gasteiger partial charge in [0.1, 0.15) is 0 Å². The van der Waals surface area contributed by atoms with E-state index in [0.29, 0.717) is 0 Å². The predicted molar refractivity (Wildman–Crippen MR) is 251 cm³/mol. The molecule has 0 amide bonds. The number of hydrogen-bond donors (Lipinski definition) is 0. The zero-order valence-corrected chi connectivity index (χ0v) is 31.8. The van der Waals surface area contributed by atoms with Crippen molar-refractivity contribution in [1.29, 1.82) is 0 Å². The van der Waals surface area contributed by atoms with E-state index in [9.17, 15) is 0 Å². The van der Waals surface area contributed by atoms with E-state index in [2.05, 4.69) is 218 Å². The Balaban J connectivity index is 1.10. The maximum absolute atomic E-state index is 2.45. The molecule has 0 heterocycles. The third-order valence-electron chi connectivity index (χ3n) is 12.4. The zero-order valence-electron chi connectivity index (χ0n) is 31.8. The van der Waals surface area contributed by atoms with E-state index in [0.717, 1.165) is 0 Å². The summed E-state index contributed by atoms with van der Waals surface area (Å²) in [7, 11) is 0. The smallest absolute Gasteiger partial charge is 0.00137 e. The van der Waals surface area contributed by atoms with Crippen molar-refractivity contribution < 1.29 is 0 Å². The lowest BCUT2D eigenvalue weighted by Crippen LogP contribution is -1.90. The summed E-state index contributed by atoms with van der Waals surface area (Å²) in [5.74, 6) is 0. The van der Waals surface area contributed by atoms with Gasteiger partial charge in [-0.1, -0.05) is 182 Å². The molecular weight excluding hydrogens is 697 g/mol. The monoisotopic (exact) mass is 732 g/mol. The van der Waals surface area contributed by atoms with Crippen LogP contribution in [0.15, 0.2) is 218 Å². The molecule has 12 aromatic carbocycles. The molecule has 0 saturated heterocycles. The minimum Gasteiger partial charge on any atom is -0.0622 e. The summed E-state index contributed by atoms with van der Waals surface area (Å²) < 4.78 is 0. The molecule has 0 bridgehead atoms. The van der Waals surface area contributed by atoms with Crippen molar-refractivity contribution in [3.63, 3.8) is 0 Å². The van der Waals surface area contributed by atoms with Crippen LogP contribution < -0.4 is 0 Å². The Kier molecular flexibility index (Phi) is 7.33. The molecule has 0 radical (unpaired) electrons. The Hall–Kier alpha value is -7.54. The normalized spacial score (nSPS) is 11.8. The van der Waals surface area contributed by atoms with Gasteiger partial charge in [-0.2, -0.15) is 0 Å². The second kappa shape index (κ2) is 13.0. The maximum atomic E-state index is 2.45. The van der Waals surface area contributed by atoms with Crippen molar-refractivity contribution in [2.75, 3.05) is 0 Å².